The van der Waals surface area contributed by atoms with Crippen LogP contribution < -0.4 is 0 Å². The molecule has 5 heteroatoms. The Hall–Kier alpha value is -2.31. The van der Waals surface area contributed by atoms with Crippen LogP contribution in [0.5, 0.6) is 0 Å². The minimum atomic E-state index is -0.652. The Bertz CT molecular complexity index is 481. The highest BCUT2D eigenvalue weighted by molar-refractivity contribution is 5.76. The van der Waals surface area contributed by atoms with Gasteiger partial charge in [0.15, 0.2) is 6.29 Å². The van der Waals surface area contributed by atoms with Crippen LogP contribution in [0, 0.1) is 17.7 Å². The number of carbonyl (C=O) groups is 1. The van der Waals surface area contributed by atoms with E-state index in [4.69, 9.17) is 5.53 Å². The fourth-order valence-electron chi connectivity index (χ4n) is 0.939. The van der Waals surface area contributed by atoms with E-state index in [1.807, 2.05) is 0 Å². The molecule has 0 N–H and O–H groups in total. The smallest absolute Gasteiger partial charge is 0.153 e. The number of nitrogens with zero attached hydrogens (tertiary/aromatic N) is 3. The van der Waals surface area contributed by atoms with Gasteiger partial charge in [-0.15, -0.1) is 0 Å². The molecule has 0 aliphatic heterocycles. The van der Waals surface area contributed by atoms with Crippen LogP contribution in [-0.4, -0.2) is 12.8 Å². The van der Waals surface area contributed by atoms with Crippen molar-refractivity contribution in [3.8, 4) is 11.8 Å². The first-order chi connectivity index (χ1) is 7.29. The Labute approximate surface area is 85.4 Å². The van der Waals surface area contributed by atoms with Crippen molar-refractivity contribution in [2.45, 2.75) is 0 Å². The molecule has 74 valence electrons. The van der Waals surface area contributed by atoms with Crippen LogP contribution in [0.1, 0.15) is 15.9 Å². The summed E-state index contributed by atoms with van der Waals surface area (Å²) >= 11 is 0. The van der Waals surface area contributed by atoms with Gasteiger partial charge < -0.3 is 0 Å². The maximum absolute atomic E-state index is 13.3. The van der Waals surface area contributed by atoms with E-state index in [0.29, 0.717) is 6.29 Å². The lowest BCUT2D eigenvalue weighted by Gasteiger charge is -1.95. The molecule has 1 aromatic carbocycles. The third kappa shape index (κ3) is 2.83. The highest BCUT2D eigenvalue weighted by atomic mass is 19.1. The molecule has 4 nitrogen and oxygen atoms in total. The summed E-state index contributed by atoms with van der Waals surface area (Å²) in [5.41, 5.74) is 8.05. The minimum Gasteiger partial charge on any atom is -0.298 e. The molecule has 0 amide bonds. The van der Waals surface area contributed by atoms with E-state index in [2.05, 4.69) is 21.9 Å². The van der Waals surface area contributed by atoms with Gasteiger partial charge in [-0.1, -0.05) is 23.0 Å². The van der Waals surface area contributed by atoms with Crippen LogP contribution in [0.25, 0.3) is 10.4 Å². The second-order valence-corrected chi connectivity index (χ2v) is 2.52. The Balaban J connectivity index is 2.98. The van der Waals surface area contributed by atoms with Crippen LogP contribution in [0.2, 0.25) is 0 Å². The molecule has 1 rings (SSSR count). The van der Waals surface area contributed by atoms with Gasteiger partial charge in [0.2, 0.25) is 0 Å². The van der Waals surface area contributed by atoms with Crippen LogP contribution in [0.3, 0.4) is 0 Å². The Morgan fingerprint density at radius 1 is 1.60 bits per heavy atom. The lowest BCUT2D eigenvalue weighted by Crippen LogP contribution is -1.91. The lowest BCUT2D eigenvalue weighted by molar-refractivity contribution is 0.112. The van der Waals surface area contributed by atoms with Crippen molar-refractivity contribution in [2.75, 3.05) is 6.54 Å². The van der Waals surface area contributed by atoms with E-state index in [9.17, 15) is 9.18 Å². The predicted octanol–water partition coefficient (Wildman–Crippen LogP) is 2.30. The van der Waals surface area contributed by atoms with Crippen molar-refractivity contribution >= 4 is 6.29 Å². The third-order valence-electron chi connectivity index (χ3n) is 1.59. The fraction of sp³-hybridized carbons (Fsp3) is 0.100. The number of hydrogen-bond acceptors (Lipinski definition) is 2. The summed E-state index contributed by atoms with van der Waals surface area (Å²) in [6.45, 7) is -0.0265. The van der Waals surface area contributed by atoms with Crippen LogP contribution in [0.4, 0.5) is 4.39 Å². The number of hydrogen-bond donors (Lipinski definition) is 0. The van der Waals surface area contributed by atoms with E-state index in [1.165, 1.54) is 18.2 Å². The monoisotopic (exact) mass is 203 g/mol. The van der Waals surface area contributed by atoms with E-state index < -0.39 is 5.82 Å². The number of azide groups is 1. The molecule has 0 radical (unpaired) electrons. The summed E-state index contributed by atoms with van der Waals surface area (Å²) in [7, 11) is 0. The molecule has 0 atom stereocenters. The number of benzene rings is 1. The first-order valence-electron chi connectivity index (χ1n) is 4.03. The zero-order valence-electron chi connectivity index (χ0n) is 7.64. The zero-order chi connectivity index (χ0) is 11.1. The zero-order valence-corrected chi connectivity index (χ0v) is 7.64. The average Bonchev–Trinajstić information content (AvgIpc) is 2.26. The van der Waals surface area contributed by atoms with Crippen molar-refractivity contribution in [3.63, 3.8) is 0 Å². The van der Waals surface area contributed by atoms with Crippen LogP contribution in [0.15, 0.2) is 23.3 Å². The van der Waals surface area contributed by atoms with Crippen molar-refractivity contribution < 1.29 is 9.18 Å². The van der Waals surface area contributed by atoms with Crippen molar-refractivity contribution in [3.05, 3.63) is 45.6 Å². The molecule has 0 aliphatic rings. The van der Waals surface area contributed by atoms with Gasteiger partial charge in [0.25, 0.3) is 0 Å². The van der Waals surface area contributed by atoms with E-state index in [-0.39, 0.29) is 17.7 Å². The number of halogens is 1. The third-order valence-corrected chi connectivity index (χ3v) is 1.59. The van der Waals surface area contributed by atoms with Gasteiger partial charge in [-0.3, -0.25) is 4.79 Å². The molecule has 0 bridgehead atoms. The SMILES string of the molecule is [N-]=[N+]=NCC#Cc1cccc(C=O)c1F. The molecule has 0 unspecified atom stereocenters. The van der Waals surface area contributed by atoms with E-state index in [0.717, 1.165) is 0 Å². The Morgan fingerprint density at radius 2 is 2.40 bits per heavy atom. The van der Waals surface area contributed by atoms with Gasteiger partial charge in [-0.05, 0) is 17.7 Å². The molecule has 0 aromatic heterocycles. The van der Waals surface area contributed by atoms with E-state index in [1.54, 1.807) is 0 Å². The first kappa shape index (κ1) is 10.8. The van der Waals surface area contributed by atoms with Gasteiger partial charge in [0, 0.05) is 4.91 Å². The summed E-state index contributed by atoms with van der Waals surface area (Å²) in [5, 5.41) is 3.17. The Kier molecular flexibility index (Phi) is 3.90. The maximum atomic E-state index is 13.3. The van der Waals surface area contributed by atoms with Gasteiger partial charge >= 0.3 is 0 Å². The second kappa shape index (κ2) is 5.43. The standard InChI is InChI=1S/C10H6FN3O/c11-10-8(5-2-6-13-14-12)3-1-4-9(10)7-15/h1,3-4,7H,6H2. The average molecular weight is 203 g/mol. The molecular weight excluding hydrogens is 197 g/mol. The van der Waals surface area contributed by atoms with Crippen LogP contribution >= 0.6 is 0 Å². The fourth-order valence-corrected chi connectivity index (χ4v) is 0.939. The molecule has 15 heavy (non-hydrogen) atoms. The summed E-state index contributed by atoms with van der Waals surface area (Å²) in [4.78, 5) is 12.9. The minimum absolute atomic E-state index is 0.0265. The first-order valence-corrected chi connectivity index (χ1v) is 4.03. The maximum Gasteiger partial charge on any atom is 0.153 e. The van der Waals surface area contributed by atoms with E-state index >= 15 is 0 Å². The summed E-state index contributed by atoms with van der Waals surface area (Å²) < 4.78 is 13.3. The van der Waals surface area contributed by atoms with Gasteiger partial charge in [0.1, 0.15) is 5.82 Å². The molecule has 1 aromatic rings. The summed E-state index contributed by atoms with van der Waals surface area (Å²) in [6, 6.07) is 4.34. The van der Waals surface area contributed by atoms with Gasteiger partial charge in [-0.2, -0.15) is 0 Å². The molecular formula is C10H6FN3O. The van der Waals surface area contributed by atoms with Gasteiger partial charge in [0.05, 0.1) is 17.7 Å². The topological polar surface area (TPSA) is 65.8 Å². The highest BCUT2D eigenvalue weighted by Crippen LogP contribution is 2.09. The normalized spacial score (nSPS) is 8.33. The second-order valence-electron chi connectivity index (χ2n) is 2.52. The lowest BCUT2D eigenvalue weighted by atomic mass is 10.1. The van der Waals surface area contributed by atoms with Crippen molar-refractivity contribution in [1.29, 1.82) is 0 Å². The Morgan fingerprint density at radius 3 is 3.07 bits per heavy atom. The molecule has 0 aliphatic carbocycles. The van der Waals surface area contributed by atoms with Crippen LogP contribution in [-0.2, 0) is 0 Å². The molecule has 0 saturated carbocycles. The number of rotatable bonds is 2. The van der Waals surface area contributed by atoms with Crippen molar-refractivity contribution in [2.24, 2.45) is 5.11 Å². The molecule has 0 heterocycles. The summed E-state index contributed by atoms with van der Waals surface area (Å²) in [6.07, 6.45) is 0.425. The van der Waals surface area contributed by atoms with Crippen molar-refractivity contribution in [1.82, 2.24) is 0 Å². The number of carbonyl (C=O) groups excluding carboxylic acids is 1. The predicted molar refractivity (Wildman–Crippen MR) is 52.7 cm³/mol. The largest absolute Gasteiger partial charge is 0.298 e. The highest BCUT2D eigenvalue weighted by Gasteiger charge is 2.03. The van der Waals surface area contributed by atoms with Gasteiger partial charge in [-0.25, -0.2) is 4.39 Å². The molecule has 0 spiro atoms. The number of aldehydes is 1. The molecule has 0 fully saturated rings. The summed E-state index contributed by atoms with van der Waals surface area (Å²) in [5.74, 6) is 4.29. The quantitative estimate of drug-likeness (QED) is 0.239. The molecule has 0 saturated heterocycles.